The third-order valence-corrected chi connectivity index (χ3v) is 11.0. The lowest BCUT2D eigenvalue weighted by Gasteiger charge is -2.91. The number of carbonyl (C=O) groups excluding carboxylic acids is 4. The molecule has 0 atom stereocenters. The number of carbonyl (C=O) groups is 4. The van der Waals surface area contributed by atoms with Crippen LogP contribution in [0.2, 0.25) is 0 Å². The number of methoxy groups -OCH3 is 4. The fourth-order valence-electron chi connectivity index (χ4n) is 10.2. The normalized spacial score (nSPS) is 41.1. The number of aromatic hydroxyl groups is 2. The van der Waals surface area contributed by atoms with Crippen LogP contribution in [0, 0.1) is 21.7 Å². The van der Waals surface area contributed by atoms with Gasteiger partial charge in [-0.2, -0.15) is 0 Å². The minimum atomic E-state index is -1.53. The minimum Gasteiger partial charge on any atom is -0.508 e. The standard InChI is InChI=1S/C30H30N2O10/c1-39-23(35)27-17(13-5-9-15(33)10-6-13)28(24(36)40-2)21-30(26(38)42-4)18(14-7-11-16(34)12-8-14)29(19(27)31-21,25(37)41-3)20(27)32-22(28)30/h5-12,17-22,31-34H,1-4H3. The molecule has 0 radical (unpaired) electrons. The summed E-state index contributed by atoms with van der Waals surface area (Å²) in [5.74, 6) is -4.50. The molecule has 8 bridgehead atoms. The van der Waals surface area contributed by atoms with Gasteiger partial charge in [-0.1, -0.05) is 24.3 Å². The molecule has 4 aliphatic heterocycles. The Morgan fingerprint density at radius 3 is 0.976 bits per heavy atom. The molecule has 2 aromatic carbocycles. The van der Waals surface area contributed by atoms with Crippen molar-refractivity contribution in [3.63, 3.8) is 0 Å². The molecule has 2 saturated carbocycles. The summed E-state index contributed by atoms with van der Waals surface area (Å²) < 4.78 is 21.7. The molecule has 0 unspecified atom stereocenters. The zero-order chi connectivity index (χ0) is 30.0. The zero-order valence-corrected chi connectivity index (χ0v) is 23.2. The Labute approximate surface area is 240 Å². The number of hydrogen-bond acceptors (Lipinski definition) is 12. The van der Waals surface area contributed by atoms with E-state index in [2.05, 4.69) is 10.6 Å². The van der Waals surface area contributed by atoms with Gasteiger partial charge in [0, 0.05) is 36.0 Å². The molecule has 4 N–H and O–H groups in total. The molecule has 220 valence electrons. The van der Waals surface area contributed by atoms with Crippen molar-refractivity contribution in [2.45, 2.75) is 36.0 Å². The number of benzene rings is 2. The number of hydrogen-bond donors (Lipinski definition) is 4. The lowest BCUT2D eigenvalue weighted by Crippen LogP contribution is -3.09. The number of piperidine rings is 4. The Morgan fingerprint density at radius 1 is 0.524 bits per heavy atom. The molecular formula is C30H30N2O10. The van der Waals surface area contributed by atoms with Gasteiger partial charge in [0.1, 0.15) is 33.2 Å². The van der Waals surface area contributed by atoms with E-state index < -0.39 is 81.5 Å². The molecule has 42 heavy (non-hydrogen) atoms. The summed E-state index contributed by atoms with van der Waals surface area (Å²) in [5.41, 5.74) is -5.04. The van der Waals surface area contributed by atoms with Crippen molar-refractivity contribution in [2.24, 2.45) is 21.7 Å². The number of phenols is 2. The molecular weight excluding hydrogens is 548 g/mol. The Hall–Kier alpha value is -4.16. The molecule has 0 amide bonds. The van der Waals surface area contributed by atoms with Crippen LogP contribution >= 0.6 is 0 Å². The third kappa shape index (κ3) is 2.36. The van der Waals surface area contributed by atoms with E-state index >= 15 is 0 Å². The smallest absolute Gasteiger partial charge is 0.315 e. The molecule has 6 aliphatic rings. The molecule has 2 aromatic rings. The van der Waals surface area contributed by atoms with Crippen LogP contribution in [0.25, 0.3) is 0 Å². The fourth-order valence-corrected chi connectivity index (χ4v) is 10.2. The molecule has 2 aliphatic carbocycles. The second-order valence-electron chi connectivity index (χ2n) is 11.8. The van der Waals surface area contributed by atoms with Crippen molar-refractivity contribution in [2.75, 3.05) is 28.4 Å². The van der Waals surface area contributed by atoms with Crippen LogP contribution in [-0.2, 0) is 38.1 Å². The van der Waals surface area contributed by atoms with Crippen molar-refractivity contribution in [3.05, 3.63) is 59.7 Å². The predicted molar refractivity (Wildman–Crippen MR) is 141 cm³/mol. The van der Waals surface area contributed by atoms with E-state index in [0.717, 1.165) is 0 Å². The van der Waals surface area contributed by atoms with Crippen LogP contribution in [0.15, 0.2) is 48.5 Å². The average Bonchev–Trinajstić information content (AvgIpc) is 2.98. The molecule has 8 rings (SSSR count). The van der Waals surface area contributed by atoms with Crippen molar-refractivity contribution < 1.29 is 48.3 Å². The van der Waals surface area contributed by atoms with Gasteiger partial charge in [0.2, 0.25) is 0 Å². The molecule has 0 aromatic heterocycles. The van der Waals surface area contributed by atoms with Crippen LogP contribution in [0.1, 0.15) is 23.0 Å². The van der Waals surface area contributed by atoms with Crippen molar-refractivity contribution >= 4 is 23.9 Å². The van der Waals surface area contributed by atoms with E-state index in [1.165, 1.54) is 52.7 Å². The highest BCUT2D eigenvalue weighted by Crippen LogP contribution is 2.88. The Kier molecular flexibility index (Phi) is 5.23. The maximum Gasteiger partial charge on any atom is 0.315 e. The Balaban J connectivity index is 1.61. The average molecular weight is 579 g/mol. The largest absolute Gasteiger partial charge is 0.508 e. The van der Waals surface area contributed by atoms with Gasteiger partial charge in [0.15, 0.2) is 0 Å². The van der Waals surface area contributed by atoms with Crippen LogP contribution in [-0.4, -0.2) is 86.7 Å². The maximum atomic E-state index is 14.2. The first-order valence-corrected chi connectivity index (χ1v) is 13.6. The summed E-state index contributed by atoms with van der Waals surface area (Å²) in [6.45, 7) is 0. The van der Waals surface area contributed by atoms with Crippen molar-refractivity contribution in [3.8, 4) is 11.5 Å². The zero-order valence-electron chi connectivity index (χ0n) is 23.2. The topological polar surface area (TPSA) is 170 Å². The predicted octanol–water partition coefficient (Wildman–Crippen LogP) is 0.324. The molecule has 4 heterocycles. The van der Waals surface area contributed by atoms with Gasteiger partial charge in [-0.25, -0.2) is 0 Å². The highest BCUT2D eigenvalue weighted by Gasteiger charge is 3.03. The summed E-state index contributed by atoms with van der Waals surface area (Å²) in [6, 6.07) is 8.52. The van der Waals surface area contributed by atoms with E-state index in [9.17, 15) is 29.4 Å². The summed E-state index contributed by atoms with van der Waals surface area (Å²) in [5, 5.41) is 27.0. The lowest BCUT2D eigenvalue weighted by atomic mass is 9.16. The number of nitrogens with one attached hydrogen (secondary N) is 2. The third-order valence-electron chi connectivity index (χ3n) is 11.0. The number of esters is 4. The molecule has 12 nitrogen and oxygen atoms in total. The van der Waals surface area contributed by atoms with Crippen LogP contribution < -0.4 is 10.6 Å². The van der Waals surface area contributed by atoms with E-state index in [-0.39, 0.29) is 11.5 Å². The number of ether oxygens (including phenoxy) is 4. The van der Waals surface area contributed by atoms with Gasteiger partial charge >= 0.3 is 23.9 Å². The van der Waals surface area contributed by atoms with Gasteiger partial charge in [-0.15, -0.1) is 0 Å². The van der Waals surface area contributed by atoms with Gasteiger partial charge in [-0.05, 0) is 35.4 Å². The minimum absolute atomic E-state index is 0.0159. The Bertz CT molecular complexity index is 1340. The van der Waals surface area contributed by atoms with E-state index in [0.29, 0.717) is 11.1 Å². The SMILES string of the molecule is COC(=O)C12C3NC4C(C(=O)OC)(C5NC1C3(C(=O)OC)C(c1ccc(O)cc1)C45C(=O)OC)C2c1ccc(O)cc1. The van der Waals surface area contributed by atoms with Gasteiger partial charge < -0.3 is 39.8 Å². The number of rotatable bonds is 6. The molecule has 4 saturated heterocycles. The van der Waals surface area contributed by atoms with Crippen molar-refractivity contribution in [1.29, 1.82) is 0 Å². The van der Waals surface area contributed by atoms with Crippen LogP contribution in [0.5, 0.6) is 11.5 Å². The number of phenolic OH excluding ortho intramolecular Hbond substituents is 2. The van der Waals surface area contributed by atoms with Gasteiger partial charge in [-0.3, -0.25) is 19.2 Å². The van der Waals surface area contributed by atoms with E-state index in [1.807, 2.05) is 0 Å². The quantitative estimate of drug-likeness (QED) is 0.274. The van der Waals surface area contributed by atoms with Crippen LogP contribution in [0.3, 0.4) is 0 Å². The highest BCUT2D eigenvalue weighted by molar-refractivity contribution is 6.02. The second kappa shape index (κ2) is 8.23. The summed E-state index contributed by atoms with van der Waals surface area (Å²) in [4.78, 5) is 56.6. The second-order valence-corrected chi connectivity index (χ2v) is 11.8. The van der Waals surface area contributed by atoms with Crippen molar-refractivity contribution in [1.82, 2.24) is 10.6 Å². The Morgan fingerprint density at radius 2 is 0.762 bits per heavy atom. The summed E-state index contributed by atoms with van der Waals surface area (Å²) in [7, 11) is 4.98. The lowest BCUT2D eigenvalue weighted by molar-refractivity contribution is -0.365. The maximum absolute atomic E-state index is 14.2. The van der Waals surface area contributed by atoms with E-state index in [4.69, 9.17) is 18.9 Å². The van der Waals surface area contributed by atoms with Crippen LogP contribution in [0.4, 0.5) is 0 Å². The monoisotopic (exact) mass is 578 g/mol. The first-order chi connectivity index (χ1) is 20.1. The summed E-state index contributed by atoms with van der Waals surface area (Å²) in [6.07, 6.45) is 0. The molecule has 6 fully saturated rings. The van der Waals surface area contributed by atoms with Gasteiger partial charge in [0.25, 0.3) is 0 Å². The highest BCUT2D eigenvalue weighted by atomic mass is 16.5. The first-order valence-electron chi connectivity index (χ1n) is 13.6. The molecule has 12 heteroatoms. The summed E-state index contributed by atoms with van der Waals surface area (Å²) >= 11 is 0. The molecule has 0 spiro atoms. The first kappa shape index (κ1) is 26.7. The van der Waals surface area contributed by atoms with E-state index in [1.54, 1.807) is 24.3 Å². The fraction of sp³-hybridized carbons (Fsp3) is 0.467. The van der Waals surface area contributed by atoms with Gasteiger partial charge in [0.05, 0.1) is 28.4 Å².